The van der Waals surface area contributed by atoms with E-state index in [2.05, 4.69) is 17.3 Å². The Morgan fingerprint density at radius 1 is 1.03 bits per heavy atom. The zero-order valence-corrected chi connectivity index (χ0v) is 18.0. The maximum absolute atomic E-state index is 13.2. The van der Waals surface area contributed by atoms with Crippen LogP contribution in [0.5, 0.6) is 5.75 Å². The lowest BCUT2D eigenvalue weighted by atomic mass is 10.1. The van der Waals surface area contributed by atoms with Crippen molar-refractivity contribution in [2.75, 3.05) is 13.1 Å². The molecule has 1 amide bonds. The molecule has 0 spiro atoms. The Bertz CT molecular complexity index is 988. The van der Waals surface area contributed by atoms with Crippen molar-refractivity contribution < 1.29 is 18.8 Å². The summed E-state index contributed by atoms with van der Waals surface area (Å²) in [4.78, 5) is 15.1. The van der Waals surface area contributed by atoms with Crippen LogP contribution < -0.4 is 4.74 Å². The number of aromatic nitrogens is 1. The molecule has 2 aromatic carbocycles. The molecule has 0 saturated carbocycles. The van der Waals surface area contributed by atoms with E-state index in [1.54, 1.807) is 0 Å². The summed E-state index contributed by atoms with van der Waals surface area (Å²) in [5, 5.41) is 3.96. The van der Waals surface area contributed by atoms with Gasteiger partial charge in [0.05, 0.1) is 29.5 Å². The van der Waals surface area contributed by atoms with Crippen molar-refractivity contribution in [1.29, 1.82) is 0 Å². The molecular formula is C25H28N2O4. The van der Waals surface area contributed by atoms with Gasteiger partial charge in [-0.3, -0.25) is 4.79 Å². The molecule has 2 heterocycles. The normalized spacial score (nSPS) is 14.6. The SMILES string of the molecule is Cc1noc(C)c1COc1ccccc1C(=O)N1CCC(OCc2ccccc2)CC1. The molecule has 0 aliphatic carbocycles. The lowest BCUT2D eigenvalue weighted by molar-refractivity contribution is -0.000453. The molecule has 0 unspecified atom stereocenters. The van der Waals surface area contributed by atoms with Crippen molar-refractivity contribution in [2.24, 2.45) is 0 Å². The first-order valence-electron chi connectivity index (χ1n) is 10.7. The first-order valence-corrected chi connectivity index (χ1v) is 10.7. The van der Waals surface area contributed by atoms with Crippen LogP contribution in [0.3, 0.4) is 0 Å². The summed E-state index contributed by atoms with van der Waals surface area (Å²) in [5.74, 6) is 1.31. The van der Waals surface area contributed by atoms with Crippen molar-refractivity contribution in [1.82, 2.24) is 10.1 Å². The van der Waals surface area contributed by atoms with E-state index in [-0.39, 0.29) is 12.0 Å². The summed E-state index contributed by atoms with van der Waals surface area (Å²) < 4.78 is 17.2. The summed E-state index contributed by atoms with van der Waals surface area (Å²) in [6.07, 6.45) is 1.84. The number of para-hydroxylation sites is 1. The molecular weight excluding hydrogens is 392 g/mol. The Morgan fingerprint density at radius 3 is 2.45 bits per heavy atom. The zero-order chi connectivity index (χ0) is 21.6. The summed E-state index contributed by atoms with van der Waals surface area (Å²) >= 11 is 0. The molecule has 1 saturated heterocycles. The minimum atomic E-state index is -0.00382. The quantitative estimate of drug-likeness (QED) is 0.555. The van der Waals surface area contributed by atoms with Crippen molar-refractivity contribution in [3.8, 4) is 5.75 Å². The van der Waals surface area contributed by atoms with Gasteiger partial charge in [-0.25, -0.2) is 0 Å². The van der Waals surface area contributed by atoms with Crippen molar-refractivity contribution in [2.45, 2.75) is 46.0 Å². The number of ether oxygens (including phenoxy) is 2. The van der Waals surface area contributed by atoms with Crippen LogP contribution in [0.15, 0.2) is 59.1 Å². The van der Waals surface area contributed by atoms with Crippen molar-refractivity contribution in [3.05, 3.63) is 82.7 Å². The van der Waals surface area contributed by atoms with Crippen LogP contribution in [-0.4, -0.2) is 35.2 Å². The molecule has 4 rings (SSSR count). The fourth-order valence-electron chi connectivity index (χ4n) is 3.81. The van der Waals surface area contributed by atoms with E-state index in [0.717, 1.165) is 29.9 Å². The monoisotopic (exact) mass is 420 g/mol. The molecule has 1 aliphatic heterocycles. The molecule has 0 radical (unpaired) electrons. The highest BCUT2D eigenvalue weighted by atomic mass is 16.5. The Labute approximate surface area is 182 Å². The Kier molecular flexibility index (Phi) is 6.67. The van der Waals surface area contributed by atoms with E-state index in [9.17, 15) is 4.79 Å². The van der Waals surface area contributed by atoms with Gasteiger partial charge in [0.25, 0.3) is 5.91 Å². The third-order valence-corrected chi connectivity index (χ3v) is 5.73. The molecule has 1 aromatic heterocycles. The van der Waals surface area contributed by atoms with Crippen LogP contribution >= 0.6 is 0 Å². The zero-order valence-electron chi connectivity index (χ0n) is 18.0. The van der Waals surface area contributed by atoms with Crippen LogP contribution in [0.25, 0.3) is 0 Å². The molecule has 3 aromatic rings. The number of benzene rings is 2. The van der Waals surface area contributed by atoms with Crippen LogP contribution in [-0.2, 0) is 18.0 Å². The van der Waals surface area contributed by atoms with Crippen LogP contribution in [0.4, 0.5) is 0 Å². The predicted molar refractivity (Wildman–Crippen MR) is 117 cm³/mol. The van der Waals surface area contributed by atoms with E-state index >= 15 is 0 Å². The van der Waals surface area contributed by atoms with Gasteiger partial charge in [-0.2, -0.15) is 0 Å². The van der Waals surface area contributed by atoms with Crippen LogP contribution in [0.1, 0.15) is 45.8 Å². The molecule has 162 valence electrons. The van der Waals surface area contributed by atoms with E-state index in [0.29, 0.717) is 37.6 Å². The Balaban J connectivity index is 1.33. The number of hydrogen-bond acceptors (Lipinski definition) is 5. The van der Waals surface area contributed by atoms with Gasteiger partial charge >= 0.3 is 0 Å². The molecule has 31 heavy (non-hydrogen) atoms. The minimum Gasteiger partial charge on any atom is -0.488 e. The van der Waals surface area contributed by atoms with E-state index < -0.39 is 0 Å². The van der Waals surface area contributed by atoms with E-state index in [4.69, 9.17) is 14.0 Å². The summed E-state index contributed by atoms with van der Waals surface area (Å²) in [7, 11) is 0. The number of likely N-dealkylation sites (tertiary alicyclic amines) is 1. The maximum Gasteiger partial charge on any atom is 0.257 e. The summed E-state index contributed by atoms with van der Waals surface area (Å²) in [5.41, 5.74) is 3.47. The van der Waals surface area contributed by atoms with Gasteiger partial charge in [-0.15, -0.1) is 0 Å². The third kappa shape index (κ3) is 5.14. The molecule has 6 heteroatoms. The van der Waals surface area contributed by atoms with Gasteiger partial charge < -0.3 is 18.9 Å². The summed E-state index contributed by atoms with van der Waals surface area (Å²) in [6.45, 7) is 6.03. The van der Waals surface area contributed by atoms with Crippen molar-refractivity contribution >= 4 is 5.91 Å². The van der Waals surface area contributed by atoms with E-state index in [1.165, 1.54) is 5.56 Å². The van der Waals surface area contributed by atoms with Crippen LogP contribution in [0, 0.1) is 13.8 Å². The van der Waals surface area contributed by atoms with E-state index in [1.807, 2.05) is 61.2 Å². The lowest BCUT2D eigenvalue weighted by Gasteiger charge is -2.32. The fraction of sp³-hybridized carbons (Fsp3) is 0.360. The second-order valence-electron chi connectivity index (χ2n) is 7.88. The molecule has 0 N–H and O–H groups in total. The highest BCUT2D eigenvalue weighted by Gasteiger charge is 2.26. The number of aryl methyl sites for hydroxylation is 2. The fourth-order valence-corrected chi connectivity index (χ4v) is 3.81. The molecule has 0 bridgehead atoms. The topological polar surface area (TPSA) is 64.8 Å². The van der Waals surface area contributed by atoms with Crippen LogP contribution in [0.2, 0.25) is 0 Å². The van der Waals surface area contributed by atoms with Crippen molar-refractivity contribution in [3.63, 3.8) is 0 Å². The first kappa shape index (κ1) is 21.1. The lowest BCUT2D eigenvalue weighted by Crippen LogP contribution is -2.41. The molecule has 1 aliphatic rings. The number of nitrogens with zero attached hydrogens (tertiary/aromatic N) is 2. The number of carbonyl (C=O) groups is 1. The predicted octanol–water partition coefficient (Wildman–Crippen LogP) is 4.69. The second kappa shape index (κ2) is 9.79. The number of amides is 1. The van der Waals surface area contributed by atoms with Gasteiger partial charge in [0.1, 0.15) is 18.1 Å². The molecule has 1 fully saturated rings. The highest BCUT2D eigenvalue weighted by Crippen LogP contribution is 2.25. The van der Waals surface area contributed by atoms with Gasteiger partial charge in [0.15, 0.2) is 0 Å². The maximum atomic E-state index is 13.2. The second-order valence-corrected chi connectivity index (χ2v) is 7.88. The first-order chi connectivity index (χ1) is 15.1. The standard InChI is InChI=1S/C25H28N2O4/c1-18-23(19(2)31-26-18)17-30-24-11-7-6-10-22(24)25(28)27-14-12-21(13-15-27)29-16-20-8-4-3-5-9-20/h3-11,21H,12-17H2,1-2H3. The number of hydrogen-bond donors (Lipinski definition) is 0. The number of carbonyl (C=O) groups excluding carboxylic acids is 1. The largest absolute Gasteiger partial charge is 0.488 e. The smallest absolute Gasteiger partial charge is 0.257 e. The molecule has 6 nitrogen and oxygen atoms in total. The van der Waals surface area contributed by atoms with Gasteiger partial charge in [-0.1, -0.05) is 47.6 Å². The third-order valence-electron chi connectivity index (χ3n) is 5.73. The average Bonchev–Trinajstić information content (AvgIpc) is 3.14. The summed E-state index contributed by atoms with van der Waals surface area (Å²) in [6, 6.07) is 17.6. The van der Waals surface area contributed by atoms with Gasteiger partial charge in [-0.05, 0) is 44.4 Å². The minimum absolute atomic E-state index is 0.00382. The van der Waals surface area contributed by atoms with Gasteiger partial charge in [0.2, 0.25) is 0 Å². The number of piperidine rings is 1. The number of rotatable bonds is 7. The van der Waals surface area contributed by atoms with Gasteiger partial charge in [0, 0.05) is 13.1 Å². The Morgan fingerprint density at radius 2 is 1.74 bits per heavy atom. The average molecular weight is 421 g/mol. The Hall–Kier alpha value is -3.12. The highest BCUT2D eigenvalue weighted by molar-refractivity contribution is 5.97. The molecule has 0 atom stereocenters.